The maximum atomic E-state index is 10.4. The zero-order valence-corrected chi connectivity index (χ0v) is 7.18. The second-order valence-electron chi connectivity index (χ2n) is 2.54. The van der Waals surface area contributed by atoms with Gasteiger partial charge < -0.3 is 5.11 Å². The number of rotatable bonds is 2. The number of carbonyl (C=O) groups is 1. The Kier molecular flexibility index (Phi) is 4.54. The quantitative estimate of drug-likeness (QED) is 0.696. The Morgan fingerprint density at radius 3 is 2.50 bits per heavy atom. The van der Waals surface area contributed by atoms with E-state index in [-0.39, 0.29) is 23.9 Å². The molecule has 3 nitrogen and oxygen atoms in total. The number of carboxylic acid groups (broad SMARTS) is 1. The molecular formula is C7H10LiNO2S. The second-order valence-corrected chi connectivity index (χ2v) is 3.40. The average molecular weight is 179 g/mol. The molecule has 12 heavy (non-hydrogen) atoms. The van der Waals surface area contributed by atoms with E-state index in [1.54, 1.807) is 5.38 Å². The van der Waals surface area contributed by atoms with Crippen LogP contribution in [0, 0.1) is 0 Å². The first-order chi connectivity index (χ1) is 5.11. The van der Waals surface area contributed by atoms with Crippen LogP contribution in [-0.2, 0) is 0 Å². The predicted molar refractivity (Wildman–Crippen MR) is 50.3 cm³/mol. The normalized spacial score (nSPS) is 9.58. The minimum atomic E-state index is -0.943. The molecule has 0 saturated carbocycles. The van der Waals surface area contributed by atoms with Crippen molar-refractivity contribution < 1.29 is 9.90 Å². The van der Waals surface area contributed by atoms with E-state index < -0.39 is 5.97 Å². The first-order valence-corrected chi connectivity index (χ1v) is 4.18. The number of nitrogens with zero attached hydrogens (tertiary/aromatic N) is 1. The summed E-state index contributed by atoms with van der Waals surface area (Å²) in [5.41, 5.74) is 0.854. The molecule has 0 fully saturated rings. The molecule has 1 rings (SSSR count). The SMILES string of the molecule is CC(C)c1csc(C(=O)O)n1.[LiH]. The summed E-state index contributed by atoms with van der Waals surface area (Å²) in [7, 11) is 0. The van der Waals surface area contributed by atoms with Crippen LogP contribution in [-0.4, -0.2) is 34.9 Å². The van der Waals surface area contributed by atoms with Gasteiger partial charge in [0, 0.05) is 5.38 Å². The van der Waals surface area contributed by atoms with Gasteiger partial charge in [0.05, 0.1) is 5.69 Å². The molecule has 0 radical (unpaired) electrons. The number of carboxylic acids is 1. The summed E-state index contributed by atoms with van der Waals surface area (Å²) in [6.07, 6.45) is 0. The van der Waals surface area contributed by atoms with Gasteiger partial charge in [-0.2, -0.15) is 0 Å². The summed E-state index contributed by atoms with van der Waals surface area (Å²) in [4.78, 5) is 14.3. The minimum absolute atomic E-state index is 0. The molecule has 0 amide bonds. The average Bonchev–Trinajstić information content (AvgIpc) is 2.33. The number of thiazole rings is 1. The molecule has 0 unspecified atom stereocenters. The molecular weight excluding hydrogens is 169 g/mol. The van der Waals surface area contributed by atoms with Crippen LogP contribution in [0.4, 0.5) is 0 Å². The molecule has 62 valence electrons. The van der Waals surface area contributed by atoms with E-state index in [1.807, 2.05) is 13.8 Å². The van der Waals surface area contributed by atoms with Gasteiger partial charge in [-0.1, -0.05) is 13.8 Å². The van der Waals surface area contributed by atoms with Crippen LogP contribution in [0.2, 0.25) is 0 Å². The summed E-state index contributed by atoms with van der Waals surface area (Å²) in [6.45, 7) is 3.97. The van der Waals surface area contributed by atoms with E-state index in [2.05, 4.69) is 4.98 Å². The molecule has 0 aliphatic heterocycles. The molecule has 0 saturated heterocycles. The molecule has 5 heteroatoms. The van der Waals surface area contributed by atoms with E-state index >= 15 is 0 Å². The molecule has 1 aromatic rings. The van der Waals surface area contributed by atoms with Crippen molar-refractivity contribution >= 4 is 36.2 Å². The van der Waals surface area contributed by atoms with Gasteiger partial charge in [-0.05, 0) is 5.92 Å². The number of hydrogen-bond acceptors (Lipinski definition) is 3. The molecule has 0 aliphatic rings. The summed E-state index contributed by atoms with van der Waals surface area (Å²) >= 11 is 1.18. The van der Waals surface area contributed by atoms with Gasteiger partial charge in [0.25, 0.3) is 0 Å². The van der Waals surface area contributed by atoms with Crippen LogP contribution in [0.5, 0.6) is 0 Å². The zero-order valence-electron chi connectivity index (χ0n) is 6.37. The van der Waals surface area contributed by atoms with Gasteiger partial charge in [0.2, 0.25) is 5.01 Å². The number of hydrogen-bond donors (Lipinski definition) is 1. The van der Waals surface area contributed by atoms with Gasteiger partial charge in [-0.25, -0.2) is 9.78 Å². The van der Waals surface area contributed by atoms with E-state index in [9.17, 15) is 4.79 Å². The standard InChI is InChI=1S/C7H9NO2S.Li.H/c1-4(2)5-3-11-6(8-5)7(9)10;;/h3-4H,1-2H3,(H,9,10);;. The van der Waals surface area contributed by atoms with Crippen molar-refractivity contribution in [2.45, 2.75) is 19.8 Å². The van der Waals surface area contributed by atoms with Crippen LogP contribution in [0.25, 0.3) is 0 Å². The molecule has 0 atom stereocenters. The Balaban J connectivity index is 0.00000121. The fourth-order valence-corrected chi connectivity index (χ4v) is 1.47. The monoisotopic (exact) mass is 179 g/mol. The fourth-order valence-electron chi connectivity index (χ4n) is 0.650. The topological polar surface area (TPSA) is 50.2 Å². The third kappa shape index (κ3) is 2.63. The molecule has 1 N–H and O–H groups in total. The second kappa shape index (κ2) is 4.66. The Labute approximate surface area is 87.0 Å². The van der Waals surface area contributed by atoms with E-state index in [1.165, 1.54) is 11.3 Å². The third-order valence-electron chi connectivity index (χ3n) is 1.30. The van der Waals surface area contributed by atoms with Gasteiger partial charge in [-0.15, -0.1) is 11.3 Å². The Bertz CT molecular complexity index is 272. The Hall–Kier alpha value is -0.303. The first-order valence-electron chi connectivity index (χ1n) is 3.30. The molecule has 0 aromatic carbocycles. The predicted octanol–water partition coefficient (Wildman–Crippen LogP) is 1.32. The Morgan fingerprint density at radius 2 is 2.25 bits per heavy atom. The molecule has 0 spiro atoms. The van der Waals surface area contributed by atoms with Crippen LogP contribution in [0.3, 0.4) is 0 Å². The van der Waals surface area contributed by atoms with Crippen molar-refractivity contribution in [2.24, 2.45) is 0 Å². The van der Waals surface area contributed by atoms with Gasteiger partial charge in [0.15, 0.2) is 0 Å². The molecule has 0 bridgehead atoms. The molecule has 1 aromatic heterocycles. The zero-order chi connectivity index (χ0) is 8.43. The van der Waals surface area contributed by atoms with Crippen LogP contribution in [0.1, 0.15) is 35.3 Å². The van der Waals surface area contributed by atoms with Crippen molar-refractivity contribution in [2.75, 3.05) is 0 Å². The molecule has 1 heterocycles. The summed E-state index contributed by atoms with van der Waals surface area (Å²) in [6, 6.07) is 0. The van der Waals surface area contributed by atoms with E-state index in [0.717, 1.165) is 5.69 Å². The van der Waals surface area contributed by atoms with Crippen LogP contribution >= 0.6 is 11.3 Å². The van der Waals surface area contributed by atoms with Crippen molar-refractivity contribution in [3.05, 3.63) is 16.1 Å². The summed E-state index contributed by atoms with van der Waals surface area (Å²) < 4.78 is 0. The summed E-state index contributed by atoms with van der Waals surface area (Å²) in [5.74, 6) is -0.638. The fraction of sp³-hybridized carbons (Fsp3) is 0.429. The Morgan fingerprint density at radius 1 is 1.67 bits per heavy atom. The number of aromatic carboxylic acids is 1. The van der Waals surface area contributed by atoms with Crippen molar-refractivity contribution in [3.8, 4) is 0 Å². The van der Waals surface area contributed by atoms with E-state index in [0.29, 0.717) is 5.92 Å². The maximum absolute atomic E-state index is 10.4. The third-order valence-corrected chi connectivity index (χ3v) is 2.14. The van der Waals surface area contributed by atoms with Gasteiger partial charge >= 0.3 is 24.8 Å². The van der Waals surface area contributed by atoms with Crippen LogP contribution < -0.4 is 0 Å². The van der Waals surface area contributed by atoms with Crippen molar-refractivity contribution in [1.82, 2.24) is 4.98 Å². The van der Waals surface area contributed by atoms with Crippen LogP contribution in [0.15, 0.2) is 5.38 Å². The van der Waals surface area contributed by atoms with Crippen molar-refractivity contribution in [3.63, 3.8) is 0 Å². The molecule has 0 aliphatic carbocycles. The first kappa shape index (κ1) is 11.7. The van der Waals surface area contributed by atoms with E-state index in [4.69, 9.17) is 5.11 Å². The van der Waals surface area contributed by atoms with Gasteiger partial charge in [0.1, 0.15) is 0 Å². The van der Waals surface area contributed by atoms with Crippen molar-refractivity contribution in [1.29, 1.82) is 0 Å². The number of aromatic nitrogens is 1. The van der Waals surface area contributed by atoms with Gasteiger partial charge in [-0.3, -0.25) is 0 Å². The summed E-state index contributed by atoms with van der Waals surface area (Å²) in [5, 5.41) is 10.5.